The first-order valence-electron chi connectivity index (χ1n) is 5.73. The molecular formula is C10H23NO3S. The lowest BCUT2D eigenvalue weighted by atomic mass is 10.1. The van der Waals surface area contributed by atoms with Gasteiger partial charge in [-0.15, -0.1) is 0 Å². The molecule has 5 heteroatoms. The molecule has 0 aliphatic carbocycles. The summed E-state index contributed by atoms with van der Waals surface area (Å²) >= 11 is 0. The maximum atomic E-state index is 10.8. The fourth-order valence-electron chi connectivity index (χ4n) is 1.46. The molecule has 0 aliphatic heterocycles. The Balaban J connectivity index is 3.19. The zero-order valence-corrected chi connectivity index (χ0v) is 10.4. The van der Waals surface area contributed by atoms with Gasteiger partial charge in [-0.1, -0.05) is 51.9 Å². The first-order chi connectivity index (χ1) is 7.12. The van der Waals surface area contributed by atoms with E-state index < -0.39 is 10.1 Å². The van der Waals surface area contributed by atoms with Gasteiger partial charge in [0.2, 0.25) is 0 Å². The molecule has 0 heterocycles. The maximum absolute atomic E-state index is 10.8. The molecule has 15 heavy (non-hydrogen) atoms. The van der Waals surface area contributed by atoms with Crippen LogP contribution in [0.4, 0.5) is 0 Å². The Morgan fingerprint density at radius 2 is 1.40 bits per heavy atom. The van der Waals surface area contributed by atoms with Gasteiger partial charge in [-0.25, -0.2) is 0 Å². The molecule has 2 N–H and O–H groups in total. The van der Waals surface area contributed by atoms with Crippen LogP contribution in [-0.2, 0) is 14.4 Å². The van der Waals surface area contributed by atoms with Crippen molar-refractivity contribution < 1.29 is 12.7 Å². The van der Waals surface area contributed by atoms with E-state index in [2.05, 4.69) is 17.1 Å². The van der Waals surface area contributed by atoms with Crippen LogP contribution < -0.4 is 5.90 Å². The molecule has 4 nitrogen and oxygen atoms in total. The normalized spacial score (nSPS) is 11.9. The molecule has 0 saturated heterocycles. The minimum absolute atomic E-state index is 0.0401. The van der Waals surface area contributed by atoms with E-state index in [9.17, 15) is 8.42 Å². The maximum Gasteiger partial charge on any atom is 0.283 e. The predicted molar refractivity (Wildman–Crippen MR) is 61.7 cm³/mol. The lowest BCUT2D eigenvalue weighted by Gasteiger charge is -2.01. The van der Waals surface area contributed by atoms with Crippen LogP contribution in [0.2, 0.25) is 0 Å². The Morgan fingerprint density at radius 3 is 1.87 bits per heavy atom. The lowest BCUT2D eigenvalue weighted by Crippen LogP contribution is -2.14. The van der Waals surface area contributed by atoms with Gasteiger partial charge in [0.25, 0.3) is 10.1 Å². The van der Waals surface area contributed by atoms with Crippen molar-refractivity contribution in [3.8, 4) is 0 Å². The van der Waals surface area contributed by atoms with E-state index in [0.29, 0.717) is 6.42 Å². The van der Waals surface area contributed by atoms with Crippen LogP contribution in [0.5, 0.6) is 0 Å². The summed E-state index contributed by atoms with van der Waals surface area (Å²) in [5, 5.41) is 0. The van der Waals surface area contributed by atoms with Crippen molar-refractivity contribution in [2.45, 2.75) is 58.3 Å². The molecule has 0 aliphatic rings. The van der Waals surface area contributed by atoms with Gasteiger partial charge in [-0.05, 0) is 6.42 Å². The topological polar surface area (TPSA) is 69.4 Å². The molecule has 0 rings (SSSR count). The molecule has 0 amide bonds. The van der Waals surface area contributed by atoms with Gasteiger partial charge in [0.1, 0.15) is 0 Å². The van der Waals surface area contributed by atoms with E-state index in [1.165, 1.54) is 32.1 Å². The first-order valence-corrected chi connectivity index (χ1v) is 7.31. The molecule has 0 unspecified atom stereocenters. The highest BCUT2D eigenvalue weighted by Gasteiger charge is 2.07. The van der Waals surface area contributed by atoms with Gasteiger partial charge >= 0.3 is 0 Å². The SMILES string of the molecule is CCCCCCCCCCS(=O)(=O)ON. The summed E-state index contributed by atoms with van der Waals surface area (Å²) in [4.78, 5) is 0. The Kier molecular flexibility index (Phi) is 9.04. The highest BCUT2D eigenvalue weighted by atomic mass is 32.2. The van der Waals surface area contributed by atoms with Crippen LogP contribution >= 0.6 is 0 Å². The summed E-state index contributed by atoms with van der Waals surface area (Å²) in [5.41, 5.74) is 0. The molecular weight excluding hydrogens is 214 g/mol. The second-order valence-corrected chi connectivity index (χ2v) is 5.55. The molecule has 0 radical (unpaired) electrons. The van der Waals surface area contributed by atoms with Gasteiger partial charge < -0.3 is 0 Å². The predicted octanol–water partition coefficient (Wildman–Crippen LogP) is 2.35. The van der Waals surface area contributed by atoms with E-state index in [-0.39, 0.29) is 5.75 Å². The minimum atomic E-state index is -3.44. The van der Waals surface area contributed by atoms with E-state index in [1.54, 1.807) is 0 Å². The van der Waals surface area contributed by atoms with Crippen molar-refractivity contribution in [1.82, 2.24) is 0 Å². The number of nitrogens with two attached hydrogens (primary N) is 1. The van der Waals surface area contributed by atoms with Gasteiger partial charge in [0, 0.05) is 0 Å². The summed E-state index contributed by atoms with van der Waals surface area (Å²) in [5.74, 6) is 4.65. The van der Waals surface area contributed by atoms with Gasteiger partial charge in [0.05, 0.1) is 5.75 Å². The smallest absolute Gasteiger partial charge is 0.198 e. The van der Waals surface area contributed by atoms with E-state index in [0.717, 1.165) is 12.8 Å². The molecule has 0 aromatic carbocycles. The number of hydrogen-bond donors (Lipinski definition) is 1. The number of unbranched alkanes of at least 4 members (excludes halogenated alkanes) is 7. The first kappa shape index (κ1) is 14.9. The van der Waals surface area contributed by atoms with Crippen molar-refractivity contribution in [3.05, 3.63) is 0 Å². The molecule has 0 fully saturated rings. The highest BCUT2D eigenvalue weighted by molar-refractivity contribution is 7.86. The molecule has 0 bridgehead atoms. The highest BCUT2D eigenvalue weighted by Crippen LogP contribution is 2.09. The van der Waals surface area contributed by atoms with Crippen molar-refractivity contribution in [3.63, 3.8) is 0 Å². The molecule has 0 atom stereocenters. The zero-order valence-electron chi connectivity index (χ0n) is 9.57. The quantitative estimate of drug-likeness (QED) is 0.468. The summed E-state index contributed by atoms with van der Waals surface area (Å²) < 4.78 is 25.5. The van der Waals surface area contributed by atoms with Crippen LogP contribution in [0.25, 0.3) is 0 Å². The minimum Gasteiger partial charge on any atom is -0.198 e. The number of hydrogen-bond acceptors (Lipinski definition) is 4. The van der Waals surface area contributed by atoms with Crippen LogP contribution in [-0.4, -0.2) is 14.2 Å². The second-order valence-electron chi connectivity index (χ2n) is 3.83. The Bertz CT molecular complexity index is 227. The van der Waals surface area contributed by atoms with Gasteiger partial charge in [0.15, 0.2) is 0 Å². The van der Waals surface area contributed by atoms with E-state index in [1.807, 2.05) is 0 Å². The van der Waals surface area contributed by atoms with Crippen LogP contribution in [0.15, 0.2) is 0 Å². The van der Waals surface area contributed by atoms with Crippen molar-refractivity contribution in [2.75, 3.05) is 5.75 Å². The van der Waals surface area contributed by atoms with Crippen LogP contribution in [0.1, 0.15) is 58.3 Å². The summed E-state index contributed by atoms with van der Waals surface area (Å²) in [6.45, 7) is 2.19. The molecule has 0 saturated carbocycles. The third-order valence-electron chi connectivity index (χ3n) is 2.39. The largest absolute Gasteiger partial charge is 0.283 e. The molecule has 92 valence electrons. The Hall–Kier alpha value is -0.130. The van der Waals surface area contributed by atoms with Crippen molar-refractivity contribution in [2.24, 2.45) is 5.90 Å². The second kappa shape index (κ2) is 9.12. The standard InChI is InChI=1S/C10H23NO3S/c1-2-3-4-5-6-7-8-9-10-15(12,13)14-11/h2-11H2,1H3. The summed E-state index contributed by atoms with van der Waals surface area (Å²) in [6.07, 6.45) is 8.99. The Morgan fingerprint density at radius 1 is 0.933 bits per heavy atom. The monoisotopic (exact) mass is 237 g/mol. The summed E-state index contributed by atoms with van der Waals surface area (Å²) in [7, 11) is -3.44. The number of rotatable bonds is 10. The third kappa shape index (κ3) is 10.2. The summed E-state index contributed by atoms with van der Waals surface area (Å²) in [6, 6.07) is 0. The van der Waals surface area contributed by atoms with Crippen LogP contribution in [0, 0.1) is 0 Å². The van der Waals surface area contributed by atoms with E-state index >= 15 is 0 Å². The van der Waals surface area contributed by atoms with Gasteiger partial charge in [-0.3, -0.25) is 0 Å². The van der Waals surface area contributed by atoms with Crippen molar-refractivity contribution >= 4 is 10.1 Å². The fraction of sp³-hybridized carbons (Fsp3) is 1.00. The van der Waals surface area contributed by atoms with Crippen molar-refractivity contribution in [1.29, 1.82) is 0 Å². The lowest BCUT2D eigenvalue weighted by molar-refractivity contribution is 0.332. The van der Waals surface area contributed by atoms with Crippen LogP contribution in [0.3, 0.4) is 0 Å². The van der Waals surface area contributed by atoms with Gasteiger partial charge in [-0.2, -0.15) is 18.6 Å². The molecule has 0 aromatic rings. The Labute approximate surface area is 93.3 Å². The molecule has 0 aromatic heterocycles. The fourth-order valence-corrected chi connectivity index (χ4v) is 2.11. The zero-order chi connectivity index (χ0) is 11.6. The van der Waals surface area contributed by atoms with E-state index in [4.69, 9.17) is 0 Å². The average molecular weight is 237 g/mol. The molecule has 0 spiro atoms. The third-order valence-corrected chi connectivity index (χ3v) is 3.48. The average Bonchev–Trinajstić information content (AvgIpc) is 2.22.